The van der Waals surface area contributed by atoms with Crippen molar-refractivity contribution in [2.45, 2.75) is 147 Å². The first-order chi connectivity index (χ1) is 21.3. The maximum atomic E-state index is 12.3. The summed E-state index contributed by atoms with van der Waals surface area (Å²) in [7, 11) is 0. The fourth-order valence-corrected chi connectivity index (χ4v) is 4.52. The molecule has 0 saturated carbocycles. The SMILES string of the molecule is CC/C=C\C[C@H](O)/C=C/C=C/C=C\C=C/[C@@H](O)[C@H](O)CCCC(=O)N[C@@H](CO)[C@H](O)/C=C/CCCCCCCCCCCC. The van der Waals surface area contributed by atoms with Gasteiger partial charge >= 0.3 is 0 Å². The lowest BCUT2D eigenvalue weighted by atomic mass is 10.0. The average molecular weight is 618 g/mol. The van der Waals surface area contributed by atoms with Gasteiger partial charge in [0.1, 0.15) is 0 Å². The maximum Gasteiger partial charge on any atom is 0.220 e. The number of unbranched alkanes of at least 4 members (excludes halogenated alkanes) is 10. The molecular weight excluding hydrogens is 554 g/mol. The molecule has 0 saturated heterocycles. The molecule has 252 valence electrons. The van der Waals surface area contributed by atoms with Crippen molar-refractivity contribution < 1.29 is 30.3 Å². The van der Waals surface area contributed by atoms with Crippen LogP contribution in [0, 0.1) is 0 Å². The first-order valence-electron chi connectivity index (χ1n) is 17.0. The number of hydrogen-bond donors (Lipinski definition) is 6. The number of carbonyl (C=O) groups is 1. The van der Waals surface area contributed by atoms with Gasteiger partial charge in [0.2, 0.25) is 5.91 Å². The number of hydrogen-bond acceptors (Lipinski definition) is 6. The number of nitrogens with one attached hydrogen (secondary N) is 1. The zero-order valence-corrected chi connectivity index (χ0v) is 27.5. The zero-order chi connectivity index (χ0) is 32.7. The molecule has 44 heavy (non-hydrogen) atoms. The summed E-state index contributed by atoms with van der Waals surface area (Å²) in [6.45, 7) is 3.91. The number of allylic oxidation sites excluding steroid dienone is 8. The second-order valence-corrected chi connectivity index (χ2v) is 11.4. The molecule has 0 aliphatic heterocycles. The summed E-state index contributed by atoms with van der Waals surface area (Å²) in [6.07, 6.45) is 33.5. The number of amides is 1. The molecule has 0 bridgehead atoms. The van der Waals surface area contributed by atoms with Gasteiger partial charge in [0.15, 0.2) is 0 Å². The van der Waals surface area contributed by atoms with Crippen LogP contribution in [0.15, 0.2) is 72.9 Å². The fraction of sp³-hybridized carbons (Fsp3) is 0.649. The molecule has 6 N–H and O–H groups in total. The second-order valence-electron chi connectivity index (χ2n) is 11.4. The Bertz CT molecular complexity index is 847. The van der Waals surface area contributed by atoms with Crippen molar-refractivity contribution in [3.8, 4) is 0 Å². The smallest absolute Gasteiger partial charge is 0.220 e. The van der Waals surface area contributed by atoms with E-state index in [1.807, 2.05) is 25.2 Å². The third kappa shape index (κ3) is 26.1. The molecule has 0 aliphatic rings. The van der Waals surface area contributed by atoms with E-state index in [0.29, 0.717) is 12.8 Å². The molecule has 0 unspecified atom stereocenters. The summed E-state index contributed by atoms with van der Waals surface area (Å²) in [4.78, 5) is 12.3. The molecule has 0 rings (SSSR count). The monoisotopic (exact) mass is 617 g/mol. The summed E-state index contributed by atoms with van der Waals surface area (Å²) in [6, 6.07) is -0.783. The third-order valence-electron chi connectivity index (χ3n) is 7.29. The van der Waals surface area contributed by atoms with E-state index < -0.39 is 30.5 Å². The standard InChI is InChI=1S/C37H63NO6/c1-3-5-7-8-9-10-11-12-13-14-18-22-27-34(41)33(31-39)38-37(44)30-24-29-36(43)35(42)28-23-19-16-15-17-21-26-32(40)25-20-6-4-2/h6,15-17,19-23,26-28,32-36,39-43H,3-5,7-14,18,24-25,29-31H2,1-2H3,(H,38,44)/b17-15+,19-16-,20-6-,26-21+,27-22+,28-23-/t32-,33-,34+,35+,36+/m0/s1. The van der Waals surface area contributed by atoms with Crippen molar-refractivity contribution >= 4 is 5.91 Å². The number of aliphatic hydroxyl groups is 5. The molecule has 0 heterocycles. The highest BCUT2D eigenvalue weighted by atomic mass is 16.3. The Hall–Kier alpha value is -2.29. The van der Waals surface area contributed by atoms with Gasteiger partial charge in [-0.05, 0) is 38.5 Å². The van der Waals surface area contributed by atoms with E-state index in [1.54, 1.807) is 48.6 Å². The van der Waals surface area contributed by atoms with E-state index in [-0.39, 0.29) is 25.4 Å². The van der Waals surface area contributed by atoms with Gasteiger partial charge in [-0.3, -0.25) is 4.79 Å². The molecule has 0 aliphatic carbocycles. The Morgan fingerprint density at radius 3 is 1.86 bits per heavy atom. The van der Waals surface area contributed by atoms with Gasteiger partial charge < -0.3 is 30.8 Å². The van der Waals surface area contributed by atoms with Crippen molar-refractivity contribution in [1.82, 2.24) is 5.32 Å². The van der Waals surface area contributed by atoms with Crippen molar-refractivity contribution in [1.29, 1.82) is 0 Å². The molecule has 1 amide bonds. The van der Waals surface area contributed by atoms with Crippen molar-refractivity contribution in [2.24, 2.45) is 0 Å². The molecular formula is C37H63NO6. The highest BCUT2D eigenvalue weighted by molar-refractivity contribution is 5.76. The Morgan fingerprint density at radius 1 is 0.659 bits per heavy atom. The van der Waals surface area contributed by atoms with Crippen LogP contribution in [0.4, 0.5) is 0 Å². The average Bonchev–Trinajstić information content (AvgIpc) is 3.01. The van der Waals surface area contributed by atoms with Gasteiger partial charge in [-0.2, -0.15) is 0 Å². The highest BCUT2D eigenvalue weighted by Crippen LogP contribution is 2.12. The Kier molecular flexibility index (Phi) is 29.1. The van der Waals surface area contributed by atoms with Crippen LogP contribution in [-0.2, 0) is 4.79 Å². The van der Waals surface area contributed by atoms with Gasteiger partial charge in [-0.1, -0.05) is 145 Å². The van der Waals surface area contributed by atoms with E-state index in [2.05, 4.69) is 12.2 Å². The molecule has 0 aromatic heterocycles. The van der Waals surface area contributed by atoms with Crippen molar-refractivity contribution in [3.05, 3.63) is 72.9 Å². The van der Waals surface area contributed by atoms with Crippen LogP contribution >= 0.6 is 0 Å². The van der Waals surface area contributed by atoms with Crippen LogP contribution in [0.5, 0.6) is 0 Å². The van der Waals surface area contributed by atoms with Gasteiger partial charge in [0, 0.05) is 6.42 Å². The summed E-state index contributed by atoms with van der Waals surface area (Å²) < 4.78 is 0. The van der Waals surface area contributed by atoms with Crippen LogP contribution in [0.1, 0.15) is 117 Å². The van der Waals surface area contributed by atoms with Gasteiger partial charge in [0.05, 0.1) is 37.1 Å². The quantitative estimate of drug-likeness (QED) is 0.0337. The summed E-state index contributed by atoms with van der Waals surface area (Å²) in [5.74, 6) is -0.322. The molecule has 7 nitrogen and oxygen atoms in total. The normalized spacial score (nSPS) is 16.2. The van der Waals surface area contributed by atoms with Gasteiger partial charge in [0.25, 0.3) is 0 Å². The number of carbonyl (C=O) groups excluding carboxylic acids is 1. The predicted octanol–water partition coefficient (Wildman–Crippen LogP) is 6.53. The minimum Gasteiger partial charge on any atom is -0.394 e. The Balaban J connectivity index is 4.13. The molecule has 0 aromatic carbocycles. The second kappa shape index (κ2) is 30.7. The Morgan fingerprint density at radius 2 is 1.25 bits per heavy atom. The van der Waals surface area contributed by atoms with Crippen LogP contribution in [0.3, 0.4) is 0 Å². The Labute approximate surface area is 267 Å². The summed E-state index contributed by atoms with van der Waals surface area (Å²) >= 11 is 0. The highest BCUT2D eigenvalue weighted by Gasteiger charge is 2.19. The lowest BCUT2D eigenvalue weighted by Crippen LogP contribution is -2.45. The molecule has 0 radical (unpaired) electrons. The molecule has 0 spiro atoms. The molecule has 0 fully saturated rings. The lowest BCUT2D eigenvalue weighted by molar-refractivity contribution is -0.123. The van der Waals surface area contributed by atoms with Gasteiger partial charge in [-0.15, -0.1) is 0 Å². The van der Waals surface area contributed by atoms with Crippen molar-refractivity contribution in [3.63, 3.8) is 0 Å². The van der Waals surface area contributed by atoms with E-state index in [0.717, 1.165) is 19.3 Å². The van der Waals surface area contributed by atoms with E-state index in [4.69, 9.17) is 0 Å². The van der Waals surface area contributed by atoms with Crippen LogP contribution < -0.4 is 5.32 Å². The maximum absolute atomic E-state index is 12.3. The molecule has 7 heteroatoms. The minimum absolute atomic E-state index is 0.112. The lowest BCUT2D eigenvalue weighted by Gasteiger charge is -2.20. The first-order valence-corrected chi connectivity index (χ1v) is 17.0. The number of rotatable bonds is 28. The van der Waals surface area contributed by atoms with Gasteiger partial charge in [-0.25, -0.2) is 0 Å². The van der Waals surface area contributed by atoms with Crippen LogP contribution in [-0.4, -0.2) is 68.5 Å². The topological polar surface area (TPSA) is 130 Å². The third-order valence-corrected chi connectivity index (χ3v) is 7.29. The zero-order valence-electron chi connectivity index (χ0n) is 27.5. The predicted molar refractivity (Wildman–Crippen MR) is 183 cm³/mol. The van der Waals surface area contributed by atoms with E-state index in [9.17, 15) is 30.3 Å². The van der Waals surface area contributed by atoms with E-state index >= 15 is 0 Å². The fourth-order valence-electron chi connectivity index (χ4n) is 4.52. The summed E-state index contributed by atoms with van der Waals surface area (Å²) in [5.41, 5.74) is 0. The largest absolute Gasteiger partial charge is 0.394 e. The van der Waals surface area contributed by atoms with Crippen LogP contribution in [0.2, 0.25) is 0 Å². The van der Waals surface area contributed by atoms with Crippen LogP contribution in [0.25, 0.3) is 0 Å². The molecule has 0 aromatic rings. The molecule has 5 atom stereocenters. The first kappa shape index (κ1) is 41.7. The van der Waals surface area contributed by atoms with E-state index in [1.165, 1.54) is 63.9 Å². The number of aliphatic hydroxyl groups excluding tert-OH is 5. The minimum atomic E-state index is -1.06. The summed E-state index contributed by atoms with van der Waals surface area (Å²) in [5, 5.41) is 52.8. The van der Waals surface area contributed by atoms with Crippen molar-refractivity contribution in [2.75, 3.05) is 6.61 Å².